The van der Waals surface area contributed by atoms with Gasteiger partial charge in [-0.05, 0) is 42.7 Å². The third-order valence-electron chi connectivity index (χ3n) is 5.87. The van der Waals surface area contributed by atoms with Crippen molar-refractivity contribution in [2.75, 3.05) is 11.9 Å². The van der Waals surface area contributed by atoms with Gasteiger partial charge >= 0.3 is 0 Å². The van der Waals surface area contributed by atoms with E-state index in [1.807, 2.05) is 32.0 Å². The van der Waals surface area contributed by atoms with Gasteiger partial charge in [-0.25, -0.2) is 0 Å². The predicted octanol–water partition coefficient (Wildman–Crippen LogP) is 2.30. The zero-order valence-corrected chi connectivity index (χ0v) is 14.5. The van der Waals surface area contributed by atoms with Gasteiger partial charge in [-0.1, -0.05) is 37.3 Å². The first-order chi connectivity index (χ1) is 12.0. The molecule has 130 valence electrons. The molecular weight excluding hydrogens is 316 g/mol. The van der Waals surface area contributed by atoms with E-state index in [0.29, 0.717) is 0 Å². The van der Waals surface area contributed by atoms with Gasteiger partial charge in [0, 0.05) is 5.69 Å². The minimum absolute atomic E-state index is 0.169. The van der Waals surface area contributed by atoms with Crippen molar-refractivity contribution in [3.8, 4) is 0 Å². The summed E-state index contributed by atoms with van der Waals surface area (Å²) in [7, 11) is 0. The fourth-order valence-corrected chi connectivity index (χ4v) is 4.64. The highest BCUT2D eigenvalue weighted by Crippen LogP contribution is 2.52. The topological polar surface area (TPSA) is 66.5 Å². The van der Waals surface area contributed by atoms with Crippen molar-refractivity contribution in [3.63, 3.8) is 0 Å². The average molecular weight is 338 g/mol. The lowest BCUT2D eigenvalue weighted by Crippen LogP contribution is -2.39. The van der Waals surface area contributed by atoms with Crippen molar-refractivity contribution in [2.45, 2.75) is 26.7 Å². The molecule has 3 aliphatic rings. The van der Waals surface area contributed by atoms with E-state index in [1.165, 1.54) is 4.90 Å². The highest BCUT2D eigenvalue weighted by Gasteiger charge is 2.59. The third kappa shape index (κ3) is 2.41. The van der Waals surface area contributed by atoms with Crippen molar-refractivity contribution >= 4 is 23.4 Å². The smallest absolute Gasteiger partial charge is 0.244 e. The van der Waals surface area contributed by atoms with Gasteiger partial charge in [-0.3, -0.25) is 19.3 Å². The van der Waals surface area contributed by atoms with E-state index in [1.54, 1.807) is 0 Å². The summed E-state index contributed by atoms with van der Waals surface area (Å²) in [4.78, 5) is 39.0. The van der Waals surface area contributed by atoms with Crippen molar-refractivity contribution in [2.24, 2.45) is 23.7 Å². The van der Waals surface area contributed by atoms with Crippen LogP contribution in [0.2, 0.25) is 0 Å². The van der Waals surface area contributed by atoms with E-state index in [0.717, 1.165) is 29.7 Å². The molecule has 5 nitrogen and oxygen atoms in total. The maximum Gasteiger partial charge on any atom is 0.244 e. The summed E-state index contributed by atoms with van der Waals surface area (Å²) in [5.74, 6) is -0.832. The number of carbonyl (C=O) groups excluding carboxylic acids is 3. The zero-order chi connectivity index (χ0) is 17.7. The summed E-state index contributed by atoms with van der Waals surface area (Å²) in [5, 5.41) is 2.90. The molecule has 1 aromatic rings. The molecule has 25 heavy (non-hydrogen) atoms. The van der Waals surface area contributed by atoms with E-state index < -0.39 is 0 Å². The molecular formula is C20H22N2O3. The van der Waals surface area contributed by atoms with Crippen molar-refractivity contribution in [3.05, 3.63) is 41.5 Å². The summed E-state index contributed by atoms with van der Waals surface area (Å²) >= 11 is 0. The Morgan fingerprint density at radius 2 is 1.80 bits per heavy atom. The van der Waals surface area contributed by atoms with Gasteiger partial charge in [0.1, 0.15) is 6.54 Å². The third-order valence-corrected chi connectivity index (χ3v) is 5.87. The number of amides is 3. The monoisotopic (exact) mass is 338 g/mol. The van der Waals surface area contributed by atoms with Crippen LogP contribution in [0.25, 0.3) is 0 Å². The van der Waals surface area contributed by atoms with Crippen LogP contribution in [0.3, 0.4) is 0 Å². The molecule has 1 aromatic carbocycles. The number of allylic oxidation sites excluding steroid dienone is 2. The molecule has 4 unspecified atom stereocenters. The summed E-state index contributed by atoms with van der Waals surface area (Å²) < 4.78 is 0. The number of carbonyl (C=O) groups is 3. The normalized spacial score (nSPS) is 29.4. The first-order valence-electron chi connectivity index (χ1n) is 8.93. The molecule has 2 fully saturated rings. The van der Waals surface area contributed by atoms with Gasteiger partial charge in [0.25, 0.3) is 0 Å². The lowest BCUT2D eigenvalue weighted by atomic mass is 9.85. The van der Waals surface area contributed by atoms with Crippen LogP contribution < -0.4 is 5.32 Å². The van der Waals surface area contributed by atoms with Gasteiger partial charge in [0.05, 0.1) is 11.8 Å². The summed E-state index contributed by atoms with van der Waals surface area (Å²) in [6.07, 6.45) is 5.82. The Morgan fingerprint density at radius 3 is 2.40 bits per heavy atom. The van der Waals surface area contributed by atoms with Crippen LogP contribution in [0.15, 0.2) is 30.4 Å². The number of aryl methyl sites for hydroxylation is 2. The van der Waals surface area contributed by atoms with Crippen molar-refractivity contribution in [1.82, 2.24) is 4.90 Å². The van der Waals surface area contributed by atoms with E-state index in [9.17, 15) is 14.4 Å². The number of nitrogens with zero attached hydrogens (tertiary/aromatic N) is 1. The average Bonchev–Trinajstić information content (AvgIpc) is 3.26. The van der Waals surface area contributed by atoms with Crippen LogP contribution in [0.4, 0.5) is 5.69 Å². The van der Waals surface area contributed by atoms with Crippen molar-refractivity contribution in [1.29, 1.82) is 0 Å². The number of likely N-dealkylation sites (tertiary alicyclic amines) is 1. The van der Waals surface area contributed by atoms with E-state index in [4.69, 9.17) is 0 Å². The largest absolute Gasteiger partial charge is 0.324 e. The predicted molar refractivity (Wildman–Crippen MR) is 93.6 cm³/mol. The van der Waals surface area contributed by atoms with E-state index in [-0.39, 0.29) is 47.9 Å². The second-order valence-corrected chi connectivity index (χ2v) is 7.27. The minimum atomic E-state index is -0.314. The molecule has 4 rings (SSSR count). The maximum atomic E-state index is 12.7. The molecule has 1 aliphatic heterocycles. The second kappa shape index (κ2) is 5.83. The standard InChI is InChI=1S/C20H22N2O3/c1-3-12-6-4-5-11(2)18(12)21-15(23)10-22-19(24)16-13-7-8-14(9-13)17(16)20(22)25/h4-8,13-14,16-17H,3,9-10H2,1-2H3,(H,21,23). The van der Waals surface area contributed by atoms with Crippen LogP contribution >= 0.6 is 0 Å². The summed E-state index contributed by atoms with van der Waals surface area (Å²) in [6.45, 7) is 3.78. The number of imide groups is 1. The summed E-state index contributed by atoms with van der Waals surface area (Å²) in [6, 6.07) is 5.87. The number of rotatable bonds is 4. The molecule has 1 heterocycles. The molecule has 2 aliphatic carbocycles. The van der Waals surface area contributed by atoms with Gasteiger partial charge in [0.15, 0.2) is 0 Å². The lowest BCUT2D eigenvalue weighted by molar-refractivity contribution is -0.143. The Kier molecular flexibility index (Phi) is 3.74. The Bertz CT molecular complexity index is 768. The Labute approximate surface area is 147 Å². The SMILES string of the molecule is CCc1cccc(C)c1NC(=O)CN1C(=O)C2C3C=CC(C3)C2C1=O. The molecule has 0 aromatic heterocycles. The number of nitrogens with one attached hydrogen (secondary N) is 1. The fourth-order valence-electron chi connectivity index (χ4n) is 4.64. The maximum absolute atomic E-state index is 12.7. The molecule has 1 saturated carbocycles. The van der Waals surface area contributed by atoms with Crippen LogP contribution in [0, 0.1) is 30.6 Å². The number of benzene rings is 1. The number of hydrogen-bond acceptors (Lipinski definition) is 3. The molecule has 1 N–H and O–H groups in total. The first-order valence-corrected chi connectivity index (χ1v) is 8.93. The Morgan fingerprint density at radius 1 is 1.16 bits per heavy atom. The minimum Gasteiger partial charge on any atom is -0.324 e. The molecule has 2 bridgehead atoms. The highest BCUT2D eigenvalue weighted by molar-refractivity contribution is 6.09. The van der Waals surface area contributed by atoms with E-state index >= 15 is 0 Å². The lowest BCUT2D eigenvalue weighted by Gasteiger charge is -2.18. The van der Waals surface area contributed by atoms with Crippen LogP contribution in [-0.2, 0) is 20.8 Å². The molecule has 1 saturated heterocycles. The number of anilines is 1. The number of para-hydroxylation sites is 1. The van der Waals surface area contributed by atoms with Crippen LogP contribution in [-0.4, -0.2) is 29.2 Å². The van der Waals surface area contributed by atoms with Gasteiger partial charge < -0.3 is 5.32 Å². The second-order valence-electron chi connectivity index (χ2n) is 7.27. The van der Waals surface area contributed by atoms with Crippen LogP contribution in [0.5, 0.6) is 0 Å². The van der Waals surface area contributed by atoms with Gasteiger partial charge in [-0.15, -0.1) is 0 Å². The quantitative estimate of drug-likeness (QED) is 0.677. The van der Waals surface area contributed by atoms with Gasteiger partial charge in [-0.2, -0.15) is 0 Å². The molecule has 4 atom stereocenters. The summed E-state index contributed by atoms with van der Waals surface area (Å²) in [5.41, 5.74) is 2.81. The van der Waals surface area contributed by atoms with Crippen LogP contribution in [0.1, 0.15) is 24.5 Å². The Hall–Kier alpha value is -2.43. The zero-order valence-electron chi connectivity index (χ0n) is 14.5. The van der Waals surface area contributed by atoms with E-state index in [2.05, 4.69) is 17.5 Å². The molecule has 5 heteroatoms. The highest BCUT2D eigenvalue weighted by atomic mass is 16.2. The molecule has 0 radical (unpaired) electrons. The number of fused-ring (bicyclic) bond motifs is 5. The fraction of sp³-hybridized carbons (Fsp3) is 0.450. The number of hydrogen-bond donors (Lipinski definition) is 1. The Balaban J connectivity index is 1.49. The van der Waals surface area contributed by atoms with Gasteiger partial charge in [0.2, 0.25) is 17.7 Å². The first kappa shape index (κ1) is 16.1. The van der Waals surface area contributed by atoms with Crippen molar-refractivity contribution < 1.29 is 14.4 Å². The molecule has 3 amide bonds. The molecule has 0 spiro atoms.